The van der Waals surface area contributed by atoms with E-state index in [0.717, 1.165) is 5.41 Å². The lowest BCUT2D eigenvalue weighted by atomic mass is 10.2. The molecule has 1 aliphatic heterocycles. The number of benzene rings is 2. The Morgan fingerprint density at radius 3 is 2.75 bits per heavy atom. The monoisotopic (exact) mass is 343 g/mol. The van der Waals surface area contributed by atoms with Gasteiger partial charge in [-0.2, -0.15) is 0 Å². The summed E-state index contributed by atoms with van der Waals surface area (Å²) in [5.41, 5.74) is 0.883. The summed E-state index contributed by atoms with van der Waals surface area (Å²) in [7, 11) is -3.46. The van der Waals surface area contributed by atoms with Gasteiger partial charge in [-0.3, -0.25) is 4.79 Å². The minimum atomic E-state index is -3.46. The number of amides is 1. The first-order valence-corrected chi connectivity index (χ1v) is 8.55. The summed E-state index contributed by atoms with van der Waals surface area (Å²) in [6.45, 7) is 0. The van der Waals surface area contributed by atoms with Crippen LogP contribution in [0.15, 0.2) is 57.2 Å². The van der Waals surface area contributed by atoms with Crippen LogP contribution in [0.5, 0.6) is 0 Å². The Morgan fingerprint density at radius 2 is 1.96 bits per heavy atom. The van der Waals surface area contributed by atoms with Gasteiger partial charge in [0.05, 0.1) is 4.90 Å². The first-order valence-electron chi connectivity index (χ1n) is 7.01. The number of hydrogen-bond donors (Lipinski definition) is 1. The van der Waals surface area contributed by atoms with Gasteiger partial charge in [0.15, 0.2) is 17.2 Å². The van der Waals surface area contributed by atoms with E-state index < -0.39 is 21.6 Å². The maximum Gasteiger partial charge on any atom is 0.291 e. The van der Waals surface area contributed by atoms with Crippen LogP contribution in [0.25, 0.3) is 17.0 Å². The fourth-order valence-electron chi connectivity index (χ4n) is 2.56. The molecule has 2 aromatic carbocycles. The lowest BCUT2D eigenvalue weighted by Gasteiger charge is -2.05. The van der Waals surface area contributed by atoms with E-state index in [4.69, 9.17) is 4.42 Å². The molecular formula is C17H10FNO4S. The molecule has 5 nitrogen and oxygen atoms in total. The number of carbonyl (C=O) groups is 1. The highest BCUT2D eigenvalue weighted by molar-refractivity contribution is 7.94. The van der Waals surface area contributed by atoms with E-state index >= 15 is 0 Å². The van der Waals surface area contributed by atoms with Gasteiger partial charge in [-0.1, -0.05) is 18.2 Å². The van der Waals surface area contributed by atoms with E-state index in [9.17, 15) is 17.6 Å². The molecular weight excluding hydrogens is 333 g/mol. The van der Waals surface area contributed by atoms with Crippen LogP contribution in [0.1, 0.15) is 16.1 Å². The standard InChI is InChI=1S/C17H10FNO4S/c18-13-3-1-2-11-8-14(23-16(11)13)17(20)19-12-5-4-10-6-7-24(21,22)15(10)9-12/h1-9H,(H,19,20). The van der Waals surface area contributed by atoms with Gasteiger partial charge in [0.1, 0.15) is 0 Å². The Balaban J connectivity index is 1.66. The molecule has 0 spiro atoms. The Morgan fingerprint density at radius 1 is 1.12 bits per heavy atom. The van der Waals surface area contributed by atoms with E-state index in [1.165, 1.54) is 30.3 Å². The molecule has 3 aromatic rings. The summed E-state index contributed by atoms with van der Waals surface area (Å²) in [4.78, 5) is 12.4. The summed E-state index contributed by atoms with van der Waals surface area (Å²) in [6, 6.07) is 10.4. The van der Waals surface area contributed by atoms with Crippen molar-refractivity contribution in [1.82, 2.24) is 0 Å². The van der Waals surface area contributed by atoms with Gasteiger partial charge >= 0.3 is 0 Å². The number of rotatable bonds is 2. The summed E-state index contributed by atoms with van der Waals surface area (Å²) >= 11 is 0. The molecule has 0 saturated carbocycles. The number of furan rings is 1. The highest BCUT2D eigenvalue weighted by Gasteiger charge is 2.22. The van der Waals surface area contributed by atoms with Crippen LogP contribution in [0, 0.1) is 5.82 Å². The first kappa shape index (κ1) is 14.6. The fraction of sp³-hybridized carbons (Fsp3) is 0. The summed E-state index contributed by atoms with van der Waals surface area (Å²) in [5.74, 6) is -1.20. The number of sulfone groups is 1. The van der Waals surface area contributed by atoms with Crippen molar-refractivity contribution in [3.63, 3.8) is 0 Å². The van der Waals surface area contributed by atoms with Crippen LogP contribution in [-0.2, 0) is 9.84 Å². The van der Waals surface area contributed by atoms with Crippen molar-refractivity contribution in [1.29, 1.82) is 0 Å². The average Bonchev–Trinajstić information content (AvgIpc) is 3.10. The molecule has 120 valence electrons. The Bertz CT molecular complexity index is 1130. The van der Waals surface area contributed by atoms with Crippen molar-refractivity contribution in [3.8, 4) is 0 Å². The predicted molar refractivity (Wildman–Crippen MR) is 86.8 cm³/mol. The van der Waals surface area contributed by atoms with Gasteiger partial charge in [0.25, 0.3) is 5.91 Å². The minimum Gasteiger partial charge on any atom is -0.448 e. The quantitative estimate of drug-likeness (QED) is 0.771. The molecule has 7 heteroatoms. The van der Waals surface area contributed by atoms with Gasteiger partial charge in [-0.25, -0.2) is 12.8 Å². The molecule has 24 heavy (non-hydrogen) atoms. The molecule has 1 aromatic heterocycles. The van der Waals surface area contributed by atoms with E-state index in [2.05, 4.69) is 5.32 Å². The van der Waals surface area contributed by atoms with Crippen LogP contribution >= 0.6 is 0 Å². The summed E-state index contributed by atoms with van der Waals surface area (Å²) < 4.78 is 42.6. The Hall–Kier alpha value is -2.93. The van der Waals surface area contributed by atoms with E-state index in [0.29, 0.717) is 16.6 Å². The summed E-state index contributed by atoms with van der Waals surface area (Å²) in [6.07, 6.45) is 1.50. The minimum absolute atomic E-state index is 0.00313. The Labute approximate surface area is 136 Å². The van der Waals surface area contributed by atoms with Crippen molar-refractivity contribution in [2.75, 3.05) is 5.32 Å². The number of halogens is 1. The number of nitrogens with one attached hydrogen (secondary N) is 1. The second-order valence-corrected chi connectivity index (χ2v) is 7.13. The normalized spacial score (nSPS) is 14.7. The zero-order valence-electron chi connectivity index (χ0n) is 12.1. The van der Waals surface area contributed by atoms with E-state index in [-0.39, 0.29) is 16.2 Å². The van der Waals surface area contributed by atoms with Crippen molar-refractivity contribution in [2.45, 2.75) is 4.90 Å². The van der Waals surface area contributed by atoms with Crippen molar-refractivity contribution >= 4 is 38.5 Å². The fourth-order valence-corrected chi connectivity index (χ4v) is 3.79. The van der Waals surface area contributed by atoms with Gasteiger partial charge in [-0.05, 0) is 35.9 Å². The molecule has 1 amide bonds. The number of fused-ring (bicyclic) bond motifs is 2. The average molecular weight is 343 g/mol. The molecule has 1 N–H and O–H groups in total. The van der Waals surface area contributed by atoms with Crippen LogP contribution in [0.2, 0.25) is 0 Å². The number of para-hydroxylation sites is 1. The second kappa shape index (κ2) is 5.04. The highest BCUT2D eigenvalue weighted by atomic mass is 32.2. The smallest absolute Gasteiger partial charge is 0.291 e. The van der Waals surface area contributed by atoms with Crippen LogP contribution in [0.4, 0.5) is 10.1 Å². The maximum atomic E-state index is 13.6. The largest absolute Gasteiger partial charge is 0.448 e. The van der Waals surface area contributed by atoms with Crippen LogP contribution < -0.4 is 5.32 Å². The highest BCUT2D eigenvalue weighted by Crippen LogP contribution is 2.29. The molecule has 1 aliphatic rings. The first-order chi connectivity index (χ1) is 11.4. The number of carbonyl (C=O) groups excluding carboxylic acids is 1. The third kappa shape index (κ3) is 2.30. The predicted octanol–water partition coefficient (Wildman–Crippen LogP) is 3.58. The molecule has 4 rings (SSSR count). The van der Waals surface area contributed by atoms with Crippen LogP contribution in [0.3, 0.4) is 0 Å². The maximum absolute atomic E-state index is 13.6. The van der Waals surface area contributed by atoms with Crippen molar-refractivity contribution in [2.24, 2.45) is 0 Å². The second-order valence-electron chi connectivity index (χ2n) is 5.32. The third-order valence-corrected chi connectivity index (χ3v) is 5.19. The molecule has 2 heterocycles. The summed E-state index contributed by atoms with van der Waals surface area (Å²) in [5, 5.41) is 4.15. The zero-order chi connectivity index (χ0) is 16.9. The lowest BCUT2D eigenvalue weighted by molar-refractivity contribution is 0.0998. The molecule has 0 atom stereocenters. The molecule has 0 fully saturated rings. The van der Waals surface area contributed by atoms with E-state index in [1.54, 1.807) is 18.2 Å². The molecule has 0 aliphatic carbocycles. The third-order valence-electron chi connectivity index (χ3n) is 3.72. The SMILES string of the molecule is O=C(Nc1ccc2c(c1)S(=O)(=O)C=C2)c1cc2cccc(F)c2o1. The van der Waals surface area contributed by atoms with Gasteiger partial charge < -0.3 is 9.73 Å². The molecule has 0 bridgehead atoms. The van der Waals surface area contributed by atoms with Gasteiger partial charge in [0, 0.05) is 16.5 Å². The molecule has 0 saturated heterocycles. The van der Waals surface area contributed by atoms with E-state index in [1.807, 2.05) is 0 Å². The van der Waals surface area contributed by atoms with Crippen LogP contribution in [-0.4, -0.2) is 14.3 Å². The van der Waals surface area contributed by atoms with Gasteiger partial charge in [0.2, 0.25) is 9.84 Å². The topological polar surface area (TPSA) is 76.4 Å². The number of hydrogen-bond acceptors (Lipinski definition) is 4. The molecule has 0 unspecified atom stereocenters. The van der Waals surface area contributed by atoms with Crippen molar-refractivity contribution < 1.29 is 22.0 Å². The zero-order valence-corrected chi connectivity index (χ0v) is 12.9. The Kier molecular flexibility index (Phi) is 3.07. The van der Waals surface area contributed by atoms with Crippen molar-refractivity contribution in [3.05, 3.63) is 65.0 Å². The lowest BCUT2D eigenvalue weighted by Crippen LogP contribution is -2.11. The number of anilines is 1. The van der Waals surface area contributed by atoms with Gasteiger partial charge in [-0.15, -0.1) is 0 Å². The molecule has 0 radical (unpaired) electrons.